The number of hydrogen-bond acceptors (Lipinski definition) is 4. The first-order valence-electron chi connectivity index (χ1n) is 8.20. The number of carbonyl (C=O) groups is 3. The molecule has 2 atom stereocenters. The van der Waals surface area contributed by atoms with Crippen LogP contribution < -0.4 is 10.6 Å². The van der Waals surface area contributed by atoms with E-state index in [1.807, 2.05) is 31.2 Å². The molecule has 0 unspecified atom stereocenters. The maximum atomic E-state index is 12.7. The van der Waals surface area contributed by atoms with Crippen LogP contribution in [-0.2, 0) is 20.8 Å². The Labute approximate surface area is 147 Å². The van der Waals surface area contributed by atoms with Gasteiger partial charge < -0.3 is 10.6 Å². The van der Waals surface area contributed by atoms with Crippen LogP contribution in [-0.4, -0.2) is 35.3 Å². The largest absolute Gasteiger partial charge is 0.356 e. The molecule has 2 N–H and O–H groups in total. The molecule has 1 saturated heterocycles. The van der Waals surface area contributed by atoms with Gasteiger partial charge in [-0.2, -0.15) is 0 Å². The molecule has 6 heteroatoms. The lowest BCUT2D eigenvalue weighted by Gasteiger charge is -2.25. The molecule has 5 nitrogen and oxygen atoms in total. The first-order chi connectivity index (χ1) is 11.5. The molecule has 24 heavy (non-hydrogen) atoms. The number of rotatable bonds is 6. The zero-order valence-corrected chi connectivity index (χ0v) is 14.9. The van der Waals surface area contributed by atoms with Crippen molar-refractivity contribution in [2.24, 2.45) is 5.92 Å². The van der Waals surface area contributed by atoms with Gasteiger partial charge in [-0.25, -0.2) is 0 Å². The number of hydrogen-bond donors (Lipinski definition) is 2. The van der Waals surface area contributed by atoms with Gasteiger partial charge in [0.1, 0.15) is 0 Å². The van der Waals surface area contributed by atoms with Crippen LogP contribution in [0.4, 0.5) is 0 Å². The third kappa shape index (κ3) is 5.67. The molecule has 1 aromatic rings. The van der Waals surface area contributed by atoms with Gasteiger partial charge in [0.05, 0.1) is 5.92 Å². The Morgan fingerprint density at radius 1 is 1.38 bits per heavy atom. The third-order valence-electron chi connectivity index (χ3n) is 4.18. The van der Waals surface area contributed by atoms with Gasteiger partial charge in [0.25, 0.3) is 0 Å². The Hall–Kier alpha value is -1.82. The van der Waals surface area contributed by atoms with Crippen molar-refractivity contribution in [3.8, 4) is 0 Å². The molecule has 0 spiro atoms. The summed E-state index contributed by atoms with van der Waals surface area (Å²) in [6, 6.07) is 7.85. The highest BCUT2D eigenvalue weighted by Crippen LogP contribution is 2.19. The Kier molecular flexibility index (Phi) is 6.85. The van der Waals surface area contributed by atoms with Gasteiger partial charge in [0.2, 0.25) is 11.8 Å². The van der Waals surface area contributed by atoms with E-state index in [2.05, 4.69) is 10.6 Å². The molecule has 0 bridgehead atoms. The second-order valence-electron chi connectivity index (χ2n) is 6.18. The van der Waals surface area contributed by atoms with Crippen LogP contribution in [0.25, 0.3) is 0 Å². The Balaban J connectivity index is 2.03. The van der Waals surface area contributed by atoms with Crippen molar-refractivity contribution in [2.45, 2.75) is 39.2 Å². The molecule has 0 saturated carbocycles. The van der Waals surface area contributed by atoms with Gasteiger partial charge in [-0.05, 0) is 30.9 Å². The van der Waals surface area contributed by atoms with Crippen molar-refractivity contribution >= 4 is 28.7 Å². The first kappa shape index (κ1) is 18.5. The van der Waals surface area contributed by atoms with Crippen molar-refractivity contribution in [3.05, 3.63) is 35.4 Å². The molecule has 0 aliphatic carbocycles. The topological polar surface area (TPSA) is 75.3 Å². The van der Waals surface area contributed by atoms with Crippen molar-refractivity contribution in [1.29, 1.82) is 0 Å². The highest BCUT2D eigenvalue weighted by Gasteiger charge is 2.26. The molecule has 130 valence electrons. The lowest BCUT2D eigenvalue weighted by Crippen LogP contribution is -2.47. The van der Waals surface area contributed by atoms with Crippen LogP contribution in [0.1, 0.15) is 30.9 Å². The normalized spacial score (nSPS) is 18.6. The minimum Gasteiger partial charge on any atom is -0.356 e. The summed E-state index contributed by atoms with van der Waals surface area (Å²) in [6.45, 7) is 4.13. The van der Waals surface area contributed by atoms with Crippen molar-refractivity contribution < 1.29 is 14.4 Å². The predicted molar refractivity (Wildman–Crippen MR) is 95.7 cm³/mol. The van der Waals surface area contributed by atoms with Crippen LogP contribution in [0, 0.1) is 12.8 Å². The van der Waals surface area contributed by atoms with Gasteiger partial charge in [-0.1, -0.05) is 36.0 Å². The Morgan fingerprint density at radius 2 is 2.12 bits per heavy atom. The van der Waals surface area contributed by atoms with Crippen molar-refractivity contribution in [1.82, 2.24) is 10.6 Å². The average Bonchev–Trinajstić information content (AvgIpc) is 2.52. The SMILES string of the molecule is CC(=O)SC[C@@H](Cc1ccccc1C)C(=O)N[C@H]1CCNC(=O)C1. The van der Waals surface area contributed by atoms with E-state index in [4.69, 9.17) is 0 Å². The summed E-state index contributed by atoms with van der Waals surface area (Å²) in [5.74, 6) is 0.0609. The summed E-state index contributed by atoms with van der Waals surface area (Å²) in [7, 11) is 0. The lowest BCUT2D eigenvalue weighted by atomic mass is 9.96. The molecule has 2 rings (SSSR count). The summed E-state index contributed by atoms with van der Waals surface area (Å²) >= 11 is 1.18. The number of benzene rings is 1. The lowest BCUT2D eigenvalue weighted by molar-refractivity contribution is -0.126. The molecule has 1 heterocycles. The molecule has 2 amide bonds. The summed E-state index contributed by atoms with van der Waals surface area (Å²) in [6.07, 6.45) is 1.66. The van der Waals surface area contributed by atoms with E-state index in [0.717, 1.165) is 17.5 Å². The van der Waals surface area contributed by atoms with Gasteiger partial charge in [-0.15, -0.1) is 0 Å². The van der Waals surface area contributed by atoms with Gasteiger partial charge in [0.15, 0.2) is 5.12 Å². The summed E-state index contributed by atoms with van der Waals surface area (Å²) in [5, 5.41) is 5.76. The second-order valence-corrected chi connectivity index (χ2v) is 7.38. The minimum absolute atomic E-state index is 0.00891. The molecule has 1 aliphatic heterocycles. The fraction of sp³-hybridized carbons (Fsp3) is 0.500. The van der Waals surface area contributed by atoms with E-state index in [0.29, 0.717) is 25.1 Å². The maximum absolute atomic E-state index is 12.7. The number of aryl methyl sites for hydroxylation is 1. The van der Waals surface area contributed by atoms with Crippen LogP contribution in [0.2, 0.25) is 0 Å². The molecular weight excluding hydrogens is 324 g/mol. The number of carbonyl (C=O) groups excluding carboxylic acids is 3. The van der Waals surface area contributed by atoms with Crippen LogP contribution in [0.15, 0.2) is 24.3 Å². The maximum Gasteiger partial charge on any atom is 0.224 e. The smallest absolute Gasteiger partial charge is 0.224 e. The number of thioether (sulfide) groups is 1. The monoisotopic (exact) mass is 348 g/mol. The number of nitrogens with one attached hydrogen (secondary N) is 2. The van der Waals surface area contributed by atoms with Crippen molar-refractivity contribution in [2.75, 3.05) is 12.3 Å². The zero-order valence-electron chi connectivity index (χ0n) is 14.1. The molecule has 1 aromatic carbocycles. The summed E-state index contributed by atoms with van der Waals surface area (Å²) in [5.41, 5.74) is 2.25. The Bertz CT molecular complexity index is 618. The van der Waals surface area contributed by atoms with E-state index >= 15 is 0 Å². The molecule has 1 aliphatic rings. The van der Waals surface area contributed by atoms with Gasteiger partial charge >= 0.3 is 0 Å². The van der Waals surface area contributed by atoms with Gasteiger partial charge in [-0.3, -0.25) is 14.4 Å². The predicted octanol–water partition coefficient (Wildman–Crippen LogP) is 1.83. The Morgan fingerprint density at radius 3 is 2.79 bits per heavy atom. The van der Waals surface area contributed by atoms with Gasteiger partial charge in [0, 0.05) is 31.7 Å². The summed E-state index contributed by atoms with van der Waals surface area (Å²) in [4.78, 5) is 35.4. The van der Waals surface area contributed by atoms with Crippen LogP contribution in [0.5, 0.6) is 0 Å². The standard InChI is InChI=1S/C18H24N2O3S/c1-12-5-3-4-6-14(12)9-15(11-24-13(2)21)18(23)20-16-7-8-19-17(22)10-16/h3-6,15-16H,7-11H2,1-2H3,(H,19,22)(H,20,23)/t15-,16+/m1/s1. The highest BCUT2D eigenvalue weighted by molar-refractivity contribution is 8.13. The van der Waals surface area contributed by atoms with E-state index in [1.54, 1.807) is 0 Å². The highest BCUT2D eigenvalue weighted by atomic mass is 32.2. The fourth-order valence-corrected chi connectivity index (χ4v) is 3.48. The average molecular weight is 348 g/mol. The van der Waals surface area contributed by atoms with Crippen LogP contribution in [0.3, 0.4) is 0 Å². The first-order valence-corrected chi connectivity index (χ1v) is 9.19. The van der Waals surface area contributed by atoms with E-state index in [-0.39, 0.29) is 28.9 Å². The fourth-order valence-electron chi connectivity index (χ4n) is 2.78. The van der Waals surface area contributed by atoms with Crippen LogP contribution >= 0.6 is 11.8 Å². The molecule has 0 aromatic heterocycles. The minimum atomic E-state index is -0.287. The molecule has 1 fully saturated rings. The number of piperidine rings is 1. The van der Waals surface area contributed by atoms with Crippen molar-refractivity contribution in [3.63, 3.8) is 0 Å². The van der Waals surface area contributed by atoms with E-state index in [1.165, 1.54) is 18.7 Å². The second kappa shape index (κ2) is 8.87. The van der Waals surface area contributed by atoms with E-state index < -0.39 is 0 Å². The molecule has 0 radical (unpaired) electrons. The number of amides is 2. The third-order valence-corrected chi connectivity index (χ3v) is 5.15. The molecular formula is C18H24N2O3S. The van der Waals surface area contributed by atoms with E-state index in [9.17, 15) is 14.4 Å². The zero-order chi connectivity index (χ0) is 17.5. The quantitative estimate of drug-likeness (QED) is 0.822. The summed E-state index contributed by atoms with van der Waals surface area (Å²) < 4.78 is 0.